The molecule has 0 aromatic heterocycles. The highest BCUT2D eigenvalue weighted by atomic mass is 127. The summed E-state index contributed by atoms with van der Waals surface area (Å²) in [6.45, 7) is 0. The normalized spacial score (nSPS) is 10.2. The van der Waals surface area contributed by atoms with Gasteiger partial charge >= 0.3 is 0 Å². The first kappa shape index (κ1) is 13.5. The molecule has 1 N–H and O–H groups in total. The Bertz CT molecular complexity index is 603. The van der Waals surface area contributed by atoms with Crippen molar-refractivity contribution in [2.24, 2.45) is 0 Å². The molecular weight excluding hydrogens is 412 g/mol. The number of rotatable bonds is 2. The van der Waals surface area contributed by atoms with Crippen LogP contribution in [0.4, 0.5) is 10.1 Å². The Morgan fingerprint density at radius 2 is 1.94 bits per heavy atom. The highest BCUT2D eigenvalue weighted by Crippen LogP contribution is 2.21. The lowest BCUT2D eigenvalue weighted by atomic mass is 10.2. The van der Waals surface area contributed by atoms with Crippen molar-refractivity contribution in [1.82, 2.24) is 0 Å². The summed E-state index contributed by atoms with van der Waals surface area (Å²) in [7, 11) is 0. The molecule has 0 heterocycles. The van der Waals surface area contributed by atoms with E-state index < -0.39 is 0 Å². The van der Waals surface area contributed by atoms with Crippen LogP contribution in [0.1, 0.15) is 10.4 Å². The summed E-state index contributed by atoms with van der Waals surface area (Å²) in [6.07, 6.45) is 0. The van der Waals surface area contributed by atoms with E-state index in [9.17, 15) is 9.18 Å². The van der Waals surface area contributed by atoms with Crippen molar-refractivity contribution in [2.75, 3.05) is 5.32 Å². The zero-order valence-corrected chi connectivity index (χ0v) is 12.8. The van der Waals surface area contributed by atoms with Crippen molar-refractivity contribution in [3.63, 3.8) is 0 Å². The number of amides is 1. The average molecular weight is 420 g/mol. The van der Waals surface area contributed by atoms with E-state index in [0.29, 0.717) is 15.7 Å². The number of carbonyl (C=O) groups is 1. The lowest BCUT2D eigenvalue weighted by Gasteiger charge is -2.07. The summed E-state index contributed by atoms with van der Waals surface area (Å²) in [5.41, 5.74) is 1.14. The lowest BCUT2D eigenvalue weighted by Crippen LogP contribution is -2.13. The van der Waals surface area contributed by atoms with Gasteiger partial charge in [0.1, 0.15) is 5.82 Å². The molecule has 92 valence electrons. The minimum Gasteiger partial charge on any atom is -0.322 e. The van der Waals surface area contributed by atoms with Crippen LogP contribution in [0.15, 0.2) is 46.9 Å². The van der Waals surface area contributed by atoms with Gasteiger partial charge in [0.25, 0.3) is 5.91 Å². The van der Waals surface area contributed by atoms with Gasteiger partial charge in [-0.15, -0.1) is 0 Å². The molecule has 0 aliphatic carbocycles. The van der Waals surface area contributed by atoms with Crippen LogP contribution in [-0.4, -0.2) is 5.91 Å². The fourth-order valence-electron chi connectivity index (χ4n) is 1.42. The number of benzene rings is 2. The Kier molecular flexibility index (Phi) is 4.34. The van der Waals surface area contributed by atoms with Gasteiger partial charge in [0.15, 0.2) is 0 Å². The molecule has 2 rings (SSSR count). The van der Waals surface area contributed by atoms with Crippen molar-refractivity contribution in [3.8, 4) is 0 Å². The van der Waals surface area contributed by atoms with Gasteiger partial charge in [0.2, 0.25) is 0 Å². The molecule has 1 amide bonds. The predicted octanol–water partition coefficient (Wildman–Crippen LogP) is 4.45. The van der Waals surface area contributed by atoms with Crippen molar-refractivity contribution in [1.29, 1.82) is 0 Å². The van der Waals surface area contributed by atoms with Gasteiger partial charge in [-0.05, 0) is 68.9 Å². The van der Waals surface area contributed by atoms with Gasteiger partial charge in [-0.2, -0.15) is 0 Å². The van der Waals surface area contributed by atoms with Gasteiger partial charge in [-0.1, -0.05) is 12.1 Å². The van der Waals surface area contributed by atoms with Crippen molar-refractivity contribution in [2.45, 2.75) is 0 Å². The van der Waals surface area contributed by atoms with E-state index in [4.69, 9.17) is 0 Å². The minimum atomic E-state index is -0.359. The third-order valence-corrected chi connectivity index (χ3v) is 3.84. The Labute approximate surface area is 126 Å². The maximum atomic E-state index is 13.1. The van der Waals surface area contributed by atoms with Gasteiger partial charge in [0, 0.05) is 9.26 Å². The lowest BCUT2D eigenvalue weighted by molar-refractivity contribution is 0.102. The fourth-order valence-corrected chi connectivity index (χ4v) is 2.43. The van der Waals surface area contributed by atoms with Crippen LogP contribution in [0.5, 0.6) is 0 Å². The van der Waals surface area contributed by atoms with Crippen LogP contribution in [0.3, 0.4) is 0 Å². The molecule has 0 radical (unpaired) electrons. The molecule has 0 unspecified atom stereocenters. The summed E-state index contributed by atoms with van der Waals surface area (Å²) in [5.74, 6) is -0.569. The second kappa shape index (κ2) is 5.79. The Morgan fingerprint density at radius 3 is 2.61 bits per heavy atom. The van der Waals surface area contributed by atoms with E-state index >= 15 is 0 Å². The van der Waals surface area contributed by atoms with E-state index in [1.54, 1.807) is 12.1 Å². The molecule has 2 aromatic rings. The molecule has 0 aliphatic rings. The number of nitrogens with one attached hydrogen (secondary N) is 1. The fraction of sp³-hybridized carbons (Fsp3) is 0. The molecule has 5 heteroatoms. The van der Waals surface area contributed by atoms with Crippen molar-refractivity contribution in [3.05, 3.63) is 61.9 Å². The summed E-state index contributed by atoms with van der Waals surface area (Å²) in [6, 6.07) is 11.6. The standard InChI is InChI=1S/C13H8BrFINO/c14-10-7-8(5-6-11(10)15)17-13(18)9-3-1-2-4-12(9)16/h1-7H,(H,17,18). The summed E-state index contributed by atoms with van der Waals surface area (Å²) < 4.78 is 14.3. The first-order valence-electron chi connectivity index (χ1n) is 5.09. The molecule has 0 bridgehead atoms. The summed E-state index contributed by atoms with van der Waals surface area (Å²) >= 11 is 5.18. The van der Waals surface area contributed by atoms with Crippen molar-refractivity contribution < 1.29 is 9.18 Å². The van der Waals surface area contributed by atoms with Crippen LogP contribution in [0, 0.1) is 9.39 Å². The molecule has 0 atom stereocenters. The van der Waals surface area contributed by atoms with E-state index in [1.165, 1.54) is 18.2 Å². The monoisotopic (exact) mass is 419 g/mol. The summed E-state index contributed by atoms with van der Waals surface area (Å²) in [4.78, 5) is 12.0. The average Bonchev–Trinajstić information content (AvgIpc) is 2.34. The topological polar surface area (TPSA) is 29.1 Å². The highest BCUT2D eigenvalue weighted by Gasteiger charge is 2.10. The van der Waals surface area contributed by atoms with Crippen LogP contribution >= 0.6 is 38.5 Å². The van der Waals surface area contributed by atoms with Gasteiger partial charge < -0.3 is 5.32 Å². The zero-order chi connectivity index (χ0) is 13.1. The third-order valence-electron chi connectivity index (χ3n) is 2.30. The van der Waals surface area contributed by atoms with Crippen LogP contribution in [0.25, 0.3) is 0 Å². The first-order chi connectivity index (χ1) is 8.58. The Balaban J connectivity index is 2.22. The molecule has 0 aliphatic heterocycles. The molecule has 0 saturated heterocycles. The Morgan fingerprint density at radius 1 is 1.22 bits per heavy atom. The number of anilines is 1. The van der Waals surface area contributed by atoms with E-state index in [1.807, 2.05) is 12.1 Å². The van der Waals surface area contributed by atoms with Gasteiger partial charge in [-0.3, -0.25) is 4.79 Å². The van der Waals surface area contributed by atoms with Gasteiger partial charge in [-0.25, -0.2) is 4.39 Å². The molecular formula is C13H8BrFINO. The number of carbonyl (C=O) groups excluding carboxylic acids is 1. The van der Waals surface area contributed by atoms with Crippen LogP contribution in [0.2, 0.25) is 0 Å². The molecule has 0 saturated carbocycles. The summed E-state index contributed by atoms with van der Waals surface area (Å²) in [5, 5.41) is 2.73. The molecule has 0 spiro atoms. The molecule has 18 heavy (non-hydrogen) atoms. The molecule has 0 fully saturated rings. The van der Waals surface area contributed by atoms with E-state index in [2.05, 4.69) is 43.8 Å². The van der Waals surface area contributed by atoms with Crippen molar-refractivity contribution >= 4 is 50.1 Å². The largest absolute Gasteiger partial charge is 0.322 e. The first-order valence-corrected chi connectivity index (χ1v) is 6.96. The second-order valence-electron chi connectivity index (χ2n) is 3.56. The Hall–Kier alpha value is -0.950. The number of halogens is 3. The van der Waals surface area contributed by atoms with Gasteiger partial charge in [0.05, 0.1) is 10.0 Å². The maximum absolute atomic E-state index is 13.1. The van der Waals surface area contributed by atoms with Crippen LogP contribution in [-0.2, 0) is 0 Å². The minimum absolute atomic E-state index is 0.210. The number of hydrogen-bond acceptors (Lipinski definition) is 1. The predicted molar refractivity (Wildman–Crippen MR) is 81.2 cm³/mol. The molecule has 2 nitrogen and oxygen atoms in total. The highest BCUT2D eigenvalue weighted by molar-refractivity contribution is 14.1. The quantitative estimate of drug-likeness (QED) is 0.716. The smallest absolute Gasteiger partial charge is 0.256 e. The second-order valence-corrected chi connectivity index (χ2v) is 5.58. The maximum Gasteiger partial charge on any atom is 0.256 e. The number of hydrogen-bond donors (Lipinski definition) is 1. The third kappa shape index (κ3) is 3.08. The SMILES string of the molecule is O=C(Nc1ccc(F)c(Br)c1)c1ccccc1I. The zero-order valence-electron chi connectivity index (χ0n) is 9.08. The van der Waals surface area contributed by atoms with E-state index in [0.717, 1.165) is 3.57 Å². The van der Waals surface area contributed by atoms with E-state index in [-0.39, 0.29) is 11.7 Å². The van der Waals surface area contributed by atoms with Crippen LogP contribution < -0.4 is 5.32 Å². The molecule has 2 aromatic carbocycles.